The zero-order valence-electron chi connectivity index (χ0n) is 12.6. The van der Waals surface area contributed by atoms with E-state index in [9.17, 15) is 18.4 Å². The Labute approximate surface area is 137 Å². The smallest absolute Gasteiger partial charge is 0.232 e. The number of hydrogen-bond donors (Lipinski definition) is 2. The normalized spacial score (nSPS) is 18.8. The lowest BCUT2D eigenvalue weighted by Gasteiger charge is -2.07. The van der Waals surface area contributed by atoms with Crippen molar-refractivity contribution in [2.75, 3.05) is 10.6 Å². The summed E-state index contributed by atoms with van der Waals surface area (Å²) in [5.74, 6) is -3.67. The minimum absolute atomic E-state index is 0.0375. The third-order valence-electron chi connectivity index (χ3n) is 3.85. The van der Waals surface area contributed by atoms with Gasteiger partial charge in [-0.05, 0) is 24.3 Å². The van der Waals surface area contributed by atoms with E-state index in [-0.39, 0.29) is 11.4 Å². The molecule has 6 heteroatoms. The highest BCUT2D eigenvalue weighted by atomic mass is 19.1. The van der Waals surface area contributed by atoms with Crippen molar-refractivity contribution in [1.29, 1.82) is 0 Å². The van der Waals surface area contributed by atoms with Crippen molar-refractivity contribution in [1.82, 2.24) is 0 Å². The van der Waals surface area contributed by atoms with Crippen LogP contribution in [0.25, 0.3) is 0 Å². The maximum absolute atomic E-state index is 13.6. The number of amides is 2. The van der Waals surface area contributed by atoms with Crippen LogP contribution in [0.3, 0.4) is 0 Å². The molecule has 122 valence electrons. The van der Waals surface area contributed by atoms with Gasteiger partial charge in [-0.15, -0.1) is 0 Å². The first kappa shape index (κ1) is 15.9. The van der Waals surface area contributed by atoms with E-state index in [0.717, 1.165) is 0 Å². The van der Waals surface area contributed by atoms with Gasteiger partial charge < -0.3 is 10.6 Å². The van der Waals surface area contributed by atoms with Crippen LogP contribution >= 0.6 is 0 Å². The third kappa shape index (κ3) is 3.03. The molecule has 1 saturated carbocycles. The Morgan fingerprint density at radius 3 is 1.54 bits per heavy atom. The van der Waals surface area contributed by atoms with E-state index in [1.54, 1.807) is 12.1 Å². The van der Waals surface area contributed by atoms with Gasteiger partial charge >= 0.3 is 0 Å². The summed E-state index contributed by atoms with van der Waals surface area (Å²) in [5, 5.41) is 4.87. The molecule has 1 aliphatic rings. The minimum Gasteiger partial charge on any atom is -0.323 e. The van der Waals surface area contributed by atoms with E-state index < -0.39 is 35.3 Å². The molecular formula is C18H14F2N2O2. The Morgan fingerprint density at radius 1 is 0.792 bits per heavy atom. The molecule has 0 aliphatic heterocycles. The van der Waals surface area contributed by atoms with E-state index in [0.29, 0.717) is 5.57 Å². The largest absolute Gasteiger partial charge is 0.323 e. The average Bonchev–Trinajstić information content (AvgIpc) is 3.23. The highest BCUT2D eigenvalue weighted by Gasteiger charge is 2.52. The van der Waals surface area contributed by atoms with Crippen LogP contribution in [0, 0.1) is 23.5 Å². The predicted octanol–water partition coefficient (Wildman–Crippen LogP) is 3.34. The second-order valence-electron chi connectivity index (χ2n) is 5.47. The molecule has 2 aromatic rings. The molecule has 0 radical (unpaired) electrons. The van der Waals surface area contributed by atoms with Gasteiger partial charge in [-0.2, -0.15) is 0 Å². The first-order chi connectivity index (χ1) is 11.5. The van der Waals surface area contributed by atoms with Gasteiger partial charge in [0.25, 0.3) is 0 Å². The second-order valence-corrected chi connectivity index (χ2v) is 5.47. The monoisotopic (exact) mass is 328 g/mol. The van der Waals surface area contributed by atoms with Gasteiger partial charge in [0, 0.05) is 0 Å². The number of carbonyl (C=O) groups excluding carboxylic acids is 2. The molecular weight excluding hydrogens is 314 g/mol. The van der Waals surface area contributed by atoms with Crippen LogP contribution < -0.4 is 10.6 Å². The fourth-order valence-corrected chi connectivity index (χ4v) is 2.50. The summed E-state index contributed by atoms with van der Waals surface area (Å²) in [5.41, 5.74) is 0.489. The Bertz CT molecular complexity index is 768. The molecule has 0 heterocycles. The van der Waals surface area contributed by atoms with Crippen molar-refractivity contribution in [2.24, 2.45) is 11.8 Å². The molecule has 1 fully saturated rings. The van der Waals surface area contributed by atoms with Crippen molar-refractivity contribution in [3.8, 4) is 0 Å². The van der Waals surface area contributed by atoms with Crippen molar-refractivity contribution in [3.63, 3.8) is 0 Å². The van der Waals surface area contributed by atoms with Crippen LogP contribution in [-0.2, 0) is 9.59 Å². The van der Waals surface area contributed by atoms with E-state index in [2.05, 4.69) is 17.2 Å². The summed E-state index contributed by atoms with van der Waals surface area (Å²) < 4.78 is 27.1. The molecule has 0 saturated heterocycles. The van der Waals surface area contributed by atoms with Crippen LogP contribution in [-0.4, -0.2) is 11.8 Å². The summed E-state index contributed by atoms with van der Waals surface area (Å²) in [4.78, 5) is 24.4. The van der Waals surface area contributed by atoms with E-state index in [1.165, 1.54) is 36.4 Å². The number of rotatable bonds is 4. The Morgan fingerprint density at radius 2 is 1.17 bits per heavy atom. The maximum atomic E-state index is 13.6. The molecule has 3 rings (SSSR count). The Hall–Kier alpha value is -3.02. The summed E-state index contributed by atoms with van der Waals surface area (Å²) in [7, 11) is 0. The third-order valence-corrected chi connectivity index (χ3v) is 3.85. The number of anilines is 2. The molecule has 2 atom stereocenters. The van der Waals surface area contributed by atoms with Crippen LogP contribution in [0.2, 0.25) is 0 Å². The number of halogens is 2. The second kappa shape index (κ2) is 6.23. The van der Waals surface area contributed by atoms with E-state index >= 15 is 0 Å². The van der Waals surface area contributed by atoms with Crippen LogP contribution in [0.5, 0.6) is 0 Å². The first-order valence-corrected chi connectivity index (χ1v) is 7.28. The van der Waals surface area contributed by atoms with Gasteiger partial charge in [0.05, 0.1) is 23.2 Å². The molecule has 2 N–H and O–H groups in total. The molecule has 24 heavy (non-hydrogen) atoms. The highest BCUT2D eigenvalue weighted by molar-refractivity contribution is 6.08. The van der Waals surface area contributed by atoms with Gasteiger partial charge in [-0.25, -0.2) is 8.78 Å². The van der Waals surface area contributed by atoms with Gasteiger partial charge in [0.2, 0.25) is 11.8 Å². The maximum Gasteiger partial charge on any atom is 0.232 e. The number of para-hydroxylation sites is 2. The average molecular weight is 328 g/mol. The van der Waals surface area contributed by atoms with Crippen LogP contribution in [0.15, 0.2) is 60.7 Å². The lowest BCUT2D eigenvalue weighted by molar-refractivity contribution is -0.122. The van der Waals surface area contributed by atoms with Gasteiger partial charge in [-0.3, -0.25) is 9.59 Å². The number of carbonyl (C=O) groups is 2. The van der Waals surface area contributed by atoms with Crippen molar-refractivity contribution in [3.05, 3.63) is 72.3 Å². The van der Waals surface area contributed by atoms with Crippen molar-refractivity contribution in [2.45, 2.75) is 0 Å². The number of nitrogens with one attached hydrogen (secondary N) is 2. The fourth-order valence-electron chi connectivity index (χ4n) is 2.50. The van der Waals surface area contributed by atoms with E-state index in [4.69, 9.17) is 0 Å². The molecule has 1 unspecified atom stereocenters. The number of hydrogen-bond acceptors (Lipinski definition) is 2. The summed E-state index contributed by atoms with van der Waals surface area (Å²) >= 11 is 0. The standard InChI is InChI=1S/C18H14F2N2O2/c1-10-15(17(23)21-13-8-4-2-6-11(13)19)16(10)18(24)22-14-9-5-3-7-12(14)20/h2-9,15-16H,1H2,(H,21,23)(H,22,24)/t15-,16?/m0/s1. The molecule has 2 amide bonds. The first-order valence-electron chi connectivity index (χ1n) is 7.28. The topological polar surface area (TPSA) is 58.2 Å². The Kier molecular flexibility index (Phi) is 4.12. The predicted molar refractivity (Wildman–Crippen MR) is 86.2 cm³/mol. The fraction of sp³-hybridized carbons (Fsp3) is 0.111. The lowest BCUT2D eigenvalue weighted by atomic mass is 10.2. The summed E-state index contributed by atoms with van der Waals surface area (Å²) in [6.45, 7) is 3.69. The molecule has 0 bridgehead atoms. The molecule has 4 nitrogen and oxygen atoms in total. The zero-order chi connectivity index (χ0) is 17.3. The highest BCUT2D eigenvalue weighted by Crippen LogP contribution is 2.45. The molecule has 2 aromatic carbocycles. The van der Waals surface area contributed by atoms with Crippen LogP contribution in [0.4, 0.5) is 20.2 Å². The lowest BCUT2D eigenvalue weighted by Crippen LogP contribution is -2.21. The molecule has 0 spiro atoms. The van der Waals surface area contributed by atoms with Gasteiger partial charge in [0.1, 0.15) is 11.6 Å². The van der Waals surface area contributed by atoms with E-state index in [1.807, 2.05) is 0 Å². The quantitative estimate of drug-likeness (QED) is 0.846. The van der Waals surface area contributed by atoms with Gasteiger partial charge in [-0.1, -0.05) is 36.4 Å². The molecule has 0 aromatic heterocycles. The van der Waals surface area contributed by atoms with Crippen molar-refractivity contribution < 1.29 is 18.4 Å². The SMILES string of the molecule is C=C1C(C(=O)Nc2ccccc2F)[C@H]1C(=O)Nc1ccccc1F. The minimum atomic E-state index is -0.753. The summed E-state index contributed by atoms with van der Waals surface area (Å²) in [6, 6.07) is 11.5. The molecule has 1 aliphatic carbocycles. The van der Waals surface area contributed by atoms with Gasteiger partial charge in [0.15, 0.2) is 0 Å². The Balaban J connectivity index is 1.66. The van der Waals surface area contributed by atoms with Crippen molar-refractivity contribution >= 4 is 23.2 Å². The van der Waals surface area contributed by atoms with Crippen LogP contribution in [0.1, 0.15) is 0 Å². The zero-order valence-corrected chi connectivity index (χ0v) is 12.6. The summed E-state index contributed by atoms with van der Waals surface area (Å²) in [6.07, 6.45) is 0. The number of benzene rings is 2.